The van der Waals surface area contributed by atoms with Crippen molar-refractivity contribution in [1.82, 2.24) is 9.55 Å². The Morgan fingerprint density at radius 1 is 1.21 bits per heavy atom. The van der Waals surface area contributed by atoms with Gasteiger partial charge in [0, 0.05) is 17.6 Å². The van der Waals surface area contributed by atoms with Crippen LogP contribution in [-0.2, 0) is 22.3 Å². The third-order valence-electron chi connectivity index (χ3n) is 4.87. The predicted octanol–water partition coefficient (Wildman–Crippen LogP) is 5.14. The number of hydrogen-bond acceptors (Lipinski definition) is 4. The second kappa shape index (κ2) is 8.04. The van der Waals surface area contributed by atoms with E-state index in [1.165, 1.54) is 4.57 Å². The molecule has 29 heavy (non-hydrogen) atoms. The molecule has 2 aromatic carbocycles. The molecule has 0 aliphatic heterocycles. The Morgan fingerprint density at radius 3 is 2.48 bits per heavy atom. The van der Waals surface area contributed by atoms with Gasteiger partial charge in [0.15, 0.2) is 0 Å². The molecule has 0 radical (unpaired) electrons. The minimum atomic E-state index is -3.78. The molecule has 0 bridgehead atoms. The van der Waals surface area contributed by atoms with Crippen LogP contribution in [0.4, 0.5) is 0 Å². The van der Waals surface area contributed by atoms with Gasteiger partial charge in [-0.15, -0.1) is 0 Å². The van der Waals surface area contributed by atoms with Gasteiger partial charge in [-0.2, -0.15) is 0 Å². The molecule has 6 nitrogen and oxygen atoms in total. The topological polar surface area (TPSA) is 81.4 Å². The zero-order valence-corrected chi connectivity index (χ0v) is 18.5. The van der Waals surface area contributed by atoms with E-state index in [4.69, 9.17) is 16.1 Å². The van der Waals surface area contributed by atoms with Crippen molar-refractivity contribution in [3.63, 3.8) is 0 Å². The van der Waals surface area contributed by atoms with Gasteiger partial charge in [0.1, 0.15) is 5.82 Å². The lowest BCUT2D eigenvalue weighted by Crippen LogP contribution is -2.21. The molecule has 1 heterocycles. The van der Waals surface area contributed by atoms with Crippen LogP contribution in [0.15, 0.2) is 47.3 Å². The van der Waals surface area contributed by atoms with Crippen molar-refractivity contribution in [3.05, 3.63) is 63.4 Å². The van der Waals surface area contributed by atoms with Crippen LogP contribution in [-0.4, -0.2) is 20.0 Å². The van der Waals surface area contributed by atoms with Crippen molar-refractivity contribution in [2.24, 2.45) is 7.05 Å². The molecule has 1 unspecified atom stereocenters. The highest BCUT2D eigenvalue weighted by Crippen LogP contribution is 2.49. The van der Waals surface area contributed by atoms with Crippen molar-refractivity contribution < 1.29 is 14.0 Å². The first-order valence-electron chi connectivity index (χ1n) is 9.29. The smallest absolute Gasteiger partial charge is 0.324 e. The van der Waals surface area contributed by atoms with E-state index in [0.717, 1.165) is 5.56 Å². The average Bonchev–Trinajstić information content (AvgIpc) is 2.64. The SMILES string of the molecule is CCC(C)(C)OP(=O)(O)Cc1ccc(-c2nc3cc(Cl)ccc3c(=O)n2C)cc1. The summed E-state index contributed by atoms with van der Waals surface area (Å²) in [6, 6.07) is 12.0. The fourth-order valence-electron chi connectivity index (χ4n) is 2.98. The molecule has 8 heteroatoms. The van der Waals surface area contributed by atoms with E-state index in [0.29, 0.717) is 33.7 Å². The number of halogens is 1. The maximum absolute atomic E-state index is 12.6. The summed E-state index contributed by atoms with van der Waals surface area (Å²) in [5.74, 6) is 0.492. The Balaban J connectivity index is 1.92. The molecular weight excluding hydrogens is 411 g/mol. The summed E-state index contributed by atoms with van der Waals surface area (Å²) in [7, 11) is -2.12. The highest BCUT2D eigenvalue weighted by molar-refractivity contribution is 7.52. The first kappa shape index (κ1) is 21.7. The molecule has 0 amide bonds. The van der Waals surface area contributed by atoms with Gasteiger partial charge in [-0.25, -0.2) is 4.98 Å². The molecule has 3 rings (SSSR count). The van der Waals surface area contributed by atoms with Crippen LogP contribution >= 0.6 is 19.2 Å². The molecule has 154 valence electrons. The molecule has 0 saturated heterocycles. The van der Waals surface area contributed by atoms with Gasteiger partial charge >= 0.3 is 7.60 Å². The van der Waals surface area contributed by atoms with Crippen LogP contribution in [0, 0.1) is 0 Å². The molecule has 0 saturated carbocycles. The summed E-state index contributed by atoms with van der Waals surface area (Å²) in [5.41, 5.74) is 1.08. The van der Waals surface area contributed by atoms with Gasteiger partial charge in [0.25, 0.3) is 5.56 Å². The lowest BCUT2D eigenvalue weighted by molar-refractivity contribution is 0.0880. The summed E-state index contributed by atoms with van der Waals surface area (Å²) < 4.78 is 19.4. The van der Waals surface area contributed by atoms with Crippen LogP contribution in [0.2, 0.25) is 5.02 Å². The molecule has 1 aromatic heterocycles. The summed E-state index contributed by atoms with van der Waals surface area (Å²) in [5, 5.41) is 1.00. The third-order valence-corrected chi connectivity index (χ3v) is 6.65. The summed E-state index contributed by atoms with van der Waals surface area (Å²) in [6.45, 7) is 5.48. The Labute approximate surface area is 174 Å². The van der Waals surface area contributed by atoms with E-state index in [2.05, 4.69) is 4.98 Å². The van der Waals surface area contributed by atoms with Gasteiger partial charge in [-0.3, -0.25) is 13.9 Å². The zero-order chi connectivity index (χ0) is 21.4. The minimum Gasteiger partial charge on any atom is -0.324 e. The van der Waals surface area contributed by atoms with Crippen molar-refractivity contribution in [3.8, 4) is 11.4 Å². The largest absolute Gasteiger partial charge is 0.332 e. The maximum atomic E-state index is 12.6. The number of hydrogen-bond donors (Lipinski definition) is 1. The summed E-state index contributed by atoms with van der Waals surface area (Å²) in [6.07, 6.45) is 0.540. The van der Waals surface area contributed by atoms with Gasteiger partial charge in [-0.1, -0.05) is 42.8 Å². The van der Waals surface area contributed by atoms with E-state index in [9.17, 15) is 14.3 Å². The second-order valence-corrected chi connectivity index (χ2v) is 9.87. The standard InChI is InChI=1S/C21H24ClN2O4P/c1-5-21(2,3)28-29(26,27)13-14-6-8-15(9-7-14)19-23-18-12-16(22)10-11-17(18)20(25)24(19)4/h6-12H,5,13H2,1-4H3,(H,26,27). The van der Waals surface area contributed by atoms with Gasteiger partial charge in [0.2, 0.25) is 0 Å². The number of rotatable bonds is 6. The summed E-state index contributed by atoms with van der Waals surface area (Å²) in [4.78, 5) is 27.4. The fourth-order valence-corrected chi connectivity index (χ4v) is 4.78. The maximum Gasteiger partial charge on any atom is 0.332 e. The monoisotopic (exact) mass is 434 g/mol. The molecule has 1 N–H and O–H groups in total. The zero-order valence-electron chi connectivity index (χ0n) is 16.8. The molecule has 0 fully saturated rings. The number of fused-ring (bicyclic) bond motifs is 1. The molecule has 0 aliphatic rings. The Bertz CT molecular complexity index is 1160. The lowest BCUT2D eigenvalue weighted by atomic mass is 10.1. The number of aromatic nitrogens is 2. The minimum absolute atomic E-state index is 0.0869. The highest BCUT2D eigenvalue weighted by Gasteiger charge is 2.29. The highest BCUT2D eigenvalue weighted by atomic mass is 35.5. The van der Waals surface area contributed by atoms with Crippen LogP contribution in [0.1, 0.15) is 32.8 Å². The van der Waals surface area contributed by atoms with Gasteiger partial charge < -0.3 is 9.42 Å². The average molecular weight is 435 g/mol. The van der Waals surface area contributed by atoms with Crippen LogP contribution < -0.4 is 5.56 Å². The normalized spacial score (nSPS) is 14.1. The van der Waals surface area contributed by atoms with Crippen molar-refractivity contribution in [1.29, 1.82) is 0 Å². The van der Waals surface area contributed by atoms with Gasteiger partial charge in [0.05, 0.1) is 22.7 Å². The quantitative estimate of drug-likeness (QED) is 0.543. The predicted molar refractivity (Wildman–Crippen MR) is 116 cm³/mol. The van der Waals surface area contributed by atoms with Crippen molar-refractivity contribution >= 4 is 30.1 Å². The first-order valence-corrected chi connectivity index (χ1v) is 11.4. The first-order chi connectivity index (χ1) is 13.5. The van der Waals surface area contributed by atoms with Gasteiger partial charge in [-0.05, 0) is 44.0 Å². The molecule has 1 atom stereocenters. The van der Waals surface area contributed by atoms with E-state index >= 15 is 0 Å². The molecule has 0 spiro atoms. The summed E-state index contributed by atoms with van der Waals surface area (Å²) >= 11 is 6.04. The molecule has 3 aromatic rings. The van der Waals surface area contributed by atoms with E-state index in [1.807, 2.05) is 6.92 Å². The lowest BCUT2D eigenvalue weighted by Gasteiger charge is -2.26. The van der Waals surface area contributed by atoms with Crippen LogP contribution in [0.5, 0.6) is 0 Å². The second-order valence-electron chi connectivity index (χ2n) is 7.66. The third kappa shape index (κ3) is 4.96. The van der Waals surface area contributed by atoms with Crippen molar-refractivity contribution in [2.45, 2.75) is 39.0 Å². The van der Waals surface area contributed by atoms with Crippen LogP contribution in [0.25, 0.3) is 22.3 Å². The van der Waals surface area contributed by atoms with E-state index < -0.39 is 13.2 Å². The molecular formula is C21H24ClN2O4P. The fraction of sp³-hybridized carbons (Fsp3) is 0.333. The van der Waals surface area contributed by atoms with Crippen LogP contribution in [0.3, 0.4) is 0 Å². The number of benzene rings is 2. The Hall–Kier alpha value is -1.98. The number of nitrogens with zero attached hydrogens (tertiary/aromatic N) is 2. The molecule has 0 aliphatic carbocycles. The van der Waals surface area contributed by atoms with E-state index in [1.54, 1.807) is 63.4 Å². The Morgan fingerprint density at radius 2 is 1.86 bits per heavy atom. The van der Waals surface area contributed by atoms with E-state index in [-0.39, 0.29) is 11.7 Å². The Kier molecular flexibility index (Phi) is 6.02. The van der Waals surface area contributed by atoms with Crippen molar-refractivity contribution in [2.75, 3.05) is 0 Å².